The van der Waals surface area contributed by atoms with Crippen molar-refractivity contribution in [2.75, 3.05) is 14.2 Å². The number of ether oxygens (including phenoxy) is 3. The molecule has 0 radical (unpaired) electrons. The molecule has 0 aliphatic carbocycles. The van der Waals surface area contributed by atoms with Crippen molar-refractivity contribution in [1.29, 1.82) is 0 Å². The lowest BCUT2D eigenvalue weighted by molar-refractivity contribution is -0.157. The second-order valence-corrected chi connectivity index (χ2v) is 6.70. The van der Waals surface area contributed by atoms with Gasteiger partial charge in [-0.2, -0.15) is 0 Å². The number of carbonyl (C=O) groups is 3. The van der Waals surface area contributed by atoms with Gasteiger partial charge in [0.1, 0.15) is 5.60 Å². The van der Waals surface area contributed by atoms with Gasteiger partial charge in [0.25, 0.3) is 0 Å². The van der Waals surface area contributed by atoms with E-state index in [0.717, 1.165) is 0 Å². The number of rotatable bonds is 2. The van der Waals surface area contributed by atoms with Gasteiger partial charge in [0.05, 0.1) is 26.1 Å². The predicted octanol–water partition coefficient (Wildman–Crippen LogP) is 1.35. The first-order chi connectivity index (χ1) is 10.2. The summed E-state index contributed by atoms with van der Waals surface area (Å²) in [4.78, 5) is 38.1. The lowest BCUT2D eigenvalue weighted by Gasteiger charge is -2.27. The minimum Gasteiger partial charge on any atom is -0.469 e. The SMILES string of the molecule is COC(=O)[C@H]1[C@H](C(=O)OC)[C@@H]2CC[C@H]1N2C(=O)OC(C)(C)C. The van der Waals surface area contributed by atoms with Gasteiger partial charge in [0.2, 0.25) is 0 Å². The molecule has 0 aromatic carbocycles. The molecule has 2 saturated heterocycles. The summed E-state index contributed by atoms with van der Waals surface area (Å²) in [6.07, 6.45) is 0.800. The molecule has 2 fully saturated rings. The predicted molar refractivity (Wildman–Crippen MR) is 75.9 cm³/mol. The zero-order chi connectivity index (χ0) is 16.7. The fourth-order valence-corrected chi connectivity index (χ4v) is 3.51. The van der Waals surface area contributed by atoms with Gasteiger partial charge < -0.3 is 19.1 Å². The van der Waals surface area contributed by atoms with E-state index < -0.39 is 35.5 Å². The van der Waals surface area contributed by atoms with Crippen LogP contribution in [0, 0.1) is 11.8 Å². The summed E-state index contributed by atoms with van der Waals surface area (Å²) in [5.41, 5.74) is -0.638. The Labute approximate surface area is 129 Å². The molecule has 0 N–H and O–H groups in total. The second kappa shape index (κ2) is 5.78. The first-order valence-corrected chi connectivity index (χ1v) is 7.38. The molecule has 7 nitrogen and oxygen atoms in total. The molecule has 22 heavy (non-hydrogen) atoms. The monoisotopic (exact) mass is 313 g/mol. The van der Waals surface area contributed by atoms with Crippen molar-refractivity contribution in [2.24, 2.45) is 11.8 Å². The Bertz CT molecular complexity index is 453. The van der Waals surface area contributed by atoms with Crippen LogP contribution in [-0.4, -0.2) is 54.8 Å². The first kappa shape index (κ1) is 16.6. The van der Waals surface area contributed by atoms with Crippen LogP contribution in [0.5, 0.6) is 0 Å². The Balaban J connectivity index is 2.29. The molecule has 0 spiro atoms. The molecule has 7 heteroatoms. The van der Waals surface area contributed by atoms with E-state index >= 15 is 0 Å². The summed E-state index contributed by atoms with van der Waals surface area (Å²) in [6, 6.07) is -0.757. The third-order valence-electron chi connectivity index (χ3n) is 4.24. The molecule has 0 aromatic rings. The molecule has 2 rings (SSSR count). The van der Waals surface area contributed by atoms with E-state index in [2.05, 4.69) is 0 Å². The summed E-state index contributed by atoms with van der Waals surface area (Å²) < 4.78 is 15.0. The van der Waals surface area contributed by atoms with Crippen LogP contribution in [0.4, 0.5) is 4.79 Å². The first-order valence-electron chi connectivity index (χ1n) is 7.38. The van der Waals surface area contributed by atoms with Crippen LogP contribution < -0.4 is 0 Å². The highest BCUT2D eigenvalue weighted by Crippen LogP contribution is 2.47. The highest BCUT2D eigenvalue weighted by Gasteiger charge is 2.61. The van der Waals surface area contributed by atoms with E-state index in [4.69, 9.17) is 14.2 Å². The Kier molecular flexibility index (Phi) is 4.35. The number of amides is 1. The summed E-state index contributed by atoms with van der Waals surface area (Å²) in [5, 5.41) is 0. The maximum Gasteiger partial charge on any atom is 0.410 e. The Morgan fingerprint density at radius 1 is 0.909 bits per heavy atom. The van der Waals surface area contributed by atoms with Crippen molar-refractivity contribution >= 4 is 18.0 Å². The van der Waals surface area contributed by atoms with Crippen LogP contribution in [-0.2, 0) is 23.8 Å². The molecular weight excluding hydrogens is 290 g/mol. The maximum atomic E-state index is 12.4. The Hall–Kier alpha value is -1.79. The smallest absolute Gasteiger partial charge is 0.410 e. The lowest BCUT2D eigenvalue weighted by Crippen LogP contribution is -2.41. The van der Waals surface area contributed by atoms with Gasteiger partial charge in [-0.25, -0.2) is 4.79 Å². The second-order valence-electron chi connectivity index (χ2n) is 6.70. The quantitative estimate of drug-likeness (QED) is 0.565. The zero-order valence-corrected chi connectivity index (χ0v) is 13.6. The number of esters is 2. The molecule has 1 amide bonds. The fraction of sp³-hybridized carbons (Fsp3) is 0.800. The minimum atomic E-state index is -0.691. The van der Waals surface area contributed by atoms with E-state index in [9.17, 15) is 14.4 Å². The van der Waals surface area contributed by atoms with Crippen LogP contribution in [0.25, 0.3) is 0 Å². The van der Waals surface area contributed by atoms with Gasteiger partial charge in [0, 0.05) is 12.1 Å². The number of nitrogens with zero attached hydrogens (tertiary/aromatic N) is 1. The van der Waals surface area contributed by atoms with Crippen molar-refractivity contribution in [3.8, 4) is 0 Å². The van der Waals surface area contributed by atoms with Gasteiger partial charge in [-0.05, 0) is 33.6 Å². The van der Waals surface area contributed by atoms with Crippen molar-refractivity contribution in [3.05, 3.63) is 0 Å². The standard InChI is InChI=1S/C15H23NO6/c1-15(2,3)22-14(19)16-8-6-7-9(16)11(13(18)21-5)10(8)12(17)20-4/h8-11H,6-7H2,1-5H3/t8-,9+,10-,11-/m1/s1. The Morgan fingerprint density at radius 3 is 1.64 bits per heavy atom. The average molecular weight is 313 g/mol. The highest BCUT2D eigenvalue weighted by molar-refractivity contribution is 5.86. The average Bonchev–Trinajstić information content (AvgIpc) is 2.99. The summed E-state index contributed by atoms with van der Waals surface area (Å²) in [6.45, 7) is 5.33. The van der Waals surface area contributed by atoms with E-state index in [1.807, 2.05) is 0 Å². The van der Waals surface area contributed by atoms with Gasteiger partial charge in [-0.1, -0.05) is 0 Å². The summed E-state index contributed by atoms with van der Waals surface area (Å²) in [5.74, 6) is -2.36. The van der Waals surface area contributed by atoms with E-state index in [1.54, 1.807) is 20.8 Å². The van der Waals surface area contributed by atoms with Crippen LogP contribution in [0.3, 0.4) is 0 Å². The Morgan fingerprint density at radius 2 is 1.32 bits per heavy atom. The molecular formula is C15H23NO6. The van der Waals surface area contributed by atoms with E-state index in [-0.39, 0.29) is 12.1 Å². The molecule has 0 aromatic heterocycles. The molecule has 0 unspecified atom stereocenters. The number of hydrogen-bond donors (Lipinski definition) is 0. The van der Waals surface area contributed by atoms with Crippen LogP contribution in [0.1, 0.15) is 33.6 Å². The topological polar surface area (TPSA) is 82.1 Å². The fourth-order valence-electron chi connectivity index (χ4n) is 3.51. The molecule has 0 saturated carbocycles. The summed E-state index contributed by atoms with van der Waals surface area (Å²) >= 11 is 0. The van der Waals surface area contributed by atoms with Crippen LogP contribution in [0.2, 0.25) is 0 Å². The highest BCUT2D eigenvalue weighted by atomic mass is 16.6. The molecule has 2 bridgehead atoms. The number of methoxy groups -OCH3 is 2. The largest absolute Gasteiger partial charge is 0.469 e. The van der Waals surface area contributed by atoms with Crippen molar-refractivity contribution in [3.63, 3.8) is 0 Å². The molecule has 2 aliphatic heterocycles. The summed E-state index contributed by atoms with van der Waals surface area (Å²) in [7, 11) is 2.56. The van der Waals surface area contributed by atoms with Gasteiger partial charge in [-0.15, -0.1) is 0 Å². The van der Waals surface area contributed by atoms with Crippen molar-refractivity contribution in [1.82, 2.24) is 4.90 Å². The number of fused-ring (bicyclic) bond motifs is 2. The van der Waals surface area contributed by atoms with Gasteiger partial charge in [0.15, 0.2) is 0 Å². The van der Waals surface area contributed by atoms with Crippen molar-refractivity contribution < 1.29 is 28.6 Å². The van der Waals surface area contributed by atoms with E-state index in [0.29, 0.717) is 12.8 Å². The van der Waals surface area contributed by atoms with Gasteiger partial charge in [-0.3, -0.25) is 9.59 Å². The lowest BCUT2D eigenvalue weighted by atomic mass is 9.79. The van der Waals surface area contributed by atoms with Crippen molar-refractivity contribution in [2.45, 2.75) is 51.3 Å². The molecule has 2 heterocycles. The van der Waals surface area contributed by atoms with Gasteiger partial charge >= 0.3 is 18.0 Å². The number of hydrogen-bond acceptors (Lipinski definition) is 6. The molecule has 2 aliphatic rings. The molecule has 124 valence electrons. The minimum absolute atomic E-state index is 0.378. The normalized spacial score (nSPS) is 30.1. The van der Waals surface area contributed by atoms with Crippen LogP contribution >= 0.6 is 0 Å². The third-order valence-corrected chi connectivity index (χ3v) is 4.24. The maximum absolute atomic E-state index is 12.4. The molecule has 4 atom stereocenters. The van der Waals surface area contributed by atoms with E-state index in [1.165, 1.54) is 19.1 Å². The zero-order valence-electron chi connectivity index (χ0n) is 13.6. The number of carbonyl (C=O) groups excluding carboxylic acids is 3. The third kappa shape index (κ3) is 2.76. The van der Waals surface area contributed by atoms with Crippen LogP contribution in [0.15, 0.2) is 0 Å².